The summed E-state index contributed by atoms with van der Waals surface area (Å²) < 4.78 is 2.08. The summed E-state index contributed by atoms with van der Waals surface area (Å²) in [6.07, 6.45) is 2.02. The van der Waals surface area contributed by atoms with Crippen molar-refractivity contribution in [2.75, 3.05) is 6.54 Å². The van der Waals surface area contributed by atoms with E-state index in [2.05, 4.69) is 10.6 Å². The molecule has 0 saturated carbocycles. The molecule has 0 radical (unpaired) electrons. The van der Waals surface area contributed by atoms with E-state index in [9.17, 15) is 0 Å². The van der Waals surface area contributed by atoms with Gasteiger partial charge in [0.1, 0.15) is 0 Å². The molecule has 0 fully saturated rings. The predicted molar refractivity (Wildman–Crippen MR) is 56.0 cm³/mol. The van der Waals surface area contributed by atoms with Crippen molar-refractivity contribution in [3.63, 3.8) is 0 Å². The molecule has 0 aliphatic heterocycles. The standard InChI is InChI=1S/C10H11ClN2/c11-9-3-1-2-8-4-6-13(7-5-12)10(8)9/h1-4,6H,5,7,12H2. The molecule has 68 valence electrons. The fraction of sp³-hybridized carbons (Fsp3) is 0.200. The number of benzene rings is 1. The van der Waals surface area contributed by atoms with Crippen LogP contribution in [0.2, 0.25) is 5.02 Å². The molecule has 1 aromatic heterocycles. The van der Waals surface area contributed by atoms with Gasteiger partial charge >= 0.3 is 0 Å². The van der Waals surface area contributed by atoms with Gasteiger partial charge in [-0.1, -0.05) is 23.7 Å². The Labute approximate surface area is 81.9 Å². The van der Waals surface area contributed by atoms with Crippen LogP contribution in [0.3, 0.4) is 0 Å². The van der Waals surface area contributed by atoms with Crippen molar-refractivity contribution in [3.8, 4) is 0 Å². The Morgan fingerprint density at radius 2 is 2.15 bits per heavy atom. The van der Waals surface area contributed by atoms with Crippen LogP contribution in [0.1, 0.15) is 0 Å². The Balaban J connectivity index is 2.64. The number of fused-ring (bicyclic) bond motifs is 1. The summed E-state index contributed by atoms with van der Waals surface area (Å²) in [7, 11) is 0. The first-order valence-corrected chi connectivity index (χ1v) is 4.64. The molecule has 0 saturated heterocycles. The van der Waals surface area contributed by atoms with Crippen LogP contribution < -0.4 is 5.73 Å². The number of nitrogens with two attached hydrogens (primary N) is 1. The highest BCUT2D eigenvalue weighted by atomic mass is 35.5. The zero-order valence-electron chi connectivity index (χ0n) is 7.20. The maximum absolute atomic E-state index is 6.08. The zero-order chi connectivity index (χ0) is 9.26. The van der Waals surface area contributed by atoms with Crippen LogP contribution in [0.25, 0.3) is 10.9 Å². The monoisotopic (exact) mass is 194 g/mol. The lowest BCUT2D eigenvalue weighted by Crippen LogP contribution is -2.08. The van der Waals surface area contributed by atoms with E-state index in [0.29, 0.717) is 6.54 Å². The Morgan fingerprint density at radius 3 is 2.92 bits per heavy atom. The van der Waals surface area contributed by atoms with Gasteiger partial charge in [-0.2, -0.15) is 0 Å². The maximum Gasteiger partial charge on any atom is 0.0670 e. The molecule has 2 N–H and O–H groups in total. The average molecular weight is 195 g/mol. The number of nitrogens with zero attached hydrogens (tertiary/aromatic N) is 1. The van der Waals surface area contributed by atoms with Gasteiger partial charge in [0.15, 0.2) is 0 Å². The molecule has 0 amide bonds. The molecule has 0 aliphatic rings. The van der Waals surface area contributed by atoms with Gasteiger partial charge in [0.05, 0.1) is 10.5 Å². The zero-order valence-corrected chi connectivity index (χ0v) is 7.96. The summed E-state index contributed by atoms with van der Waals surface area (Å²) in [5, 5.41) is 1.96. The van der Waals surface area contributed by atoms with Crippen LogP contribution in [-0.2, 0) is 6.54 Å². The van der Waals surface area contributed by atoms with Crippen molar-refractivity contribution >= 4 is 22.5 Å². The predicted octanol–water partition coefficient (Wildman–Crippen LogP) is 2.25. The molecular formula is C10H11ClN2. The van der Waals surface area contributed by atoms with Gasteiger partial charge < -0.3 is 10.3 Å². The molecule has 2 nitrogen and oxygen atoms in total. The third-order valence-electron chi connectivity index (χ3n) is 2.11. The summed E-state index contributed by atoms with van der Waals surface area (Å²) in [5.41, 5.74) is 6.58. The highest BCUT2D eigenvalue weighted by molar-refractivity contribution is 6.35. The maximum atomic E-state index is 6.08. The van der Waals surface area contributed by atoms with E-state index in [1.165, 1.54) is 5.39 Å². The summed E-state index contributed by atoms with van der Waals surface area (Å²) in [4.78, 5) is 0. The fourth-order valence-electron chi connectivity index (χ4n) is 1.54. The number of hydrogen-bond acceptors (Lipinski definition) is 1. The van der Waals surface area contributed by atoms with Gasteiger partial charge in [-0.15, -0.1) is 0 Å². The van der Waals surface area contributed by atoms with Gasteiger partial charge in [-0.25, -0.2) is 0 Å². The van der Waals surface area contributed by atoms with Crippen LogP contribution in [0, 0.1) is 0 Å². The summed E-state index contributed by atoms with van der Waals surface area (Å²) >= 11 is 6.08. The second-order valence-corrected chi connectivity index (χ2v) is 3.38. The molecule has 2 rings (SSSR count). The minimum Gasteiger partial charge on any atom is -0.345 e. The van der Waals surface area contributed by atoms with Crippen LogP contribution in [-0.4, -0.2) is 11.1 Å². The molecule has 0 atom stereocenters. The molecule has 0 unspecified atom stereocenters. The molecule has 1 heterocycles. The lowest BCUT2D eigenvalue weighted by atomic mass is 10.2. The van der Waals surface area contributed by atoms with Gasteiger partial charge in [-0.05, 0) is 12.1 Å². The Hall–Kier alpha value is -0.990. The topological polar surface area (TPSA) is 30.9 Å². The summed E-state index contributed by atoms with van der Waals surface area (Å²) in [6, 6.07) is 7.96. The molecule has 2 aromatic rings. The van der Waals surface area contributed by atoms with Gasteiger partial charge in [-0.3, -0.25) is 0 Å². The number of rotatable bonds is 2. The number of para-hydroxylation sites is 1. The minimum atomic E-state index is 0.634. The second kappa shape index (κ2) is 3.40. The second-order valence-electron chi connectivity index (χ2n) is 2.98. The van der Waals surface area contributed by atoms with Crippen LogP contribution in [0.4, 0.5) is 0 Å². The largest absolute Gasteiger partial charge is 0.345 e. The van der Waals surface area contributed by atoms with Crippen molar-refractivity contribution in [3.05, 3.63) is 35.5 Å². The summed E-state index contributed by atoms with van der Waals surface area (Å²) in [5.74, 6) is 0. The number of halogens is 1. The van der Waals surface area contributed by atoms with Gasteiger partial charge in [0.25, 0.3) is 0 Å². The minimum absolute atomic E-state index is 0.634. The van der Waals surface area contributed by atoms with Crippen molar-refractivity contribution in [2.24, 2.45) is 5.73 Å². The average Bonchev–Trinajstić information content (AvgIpc) is 2.51. The highest BCUT2D eigenvalue weighted by Gasteiger charge is 2.02. The van der Waals surface area contributed by atoms with E-state index in [0.717, 1.165) is 17.1 Å². The molecule has 0 bridgehead atoms. The van der Waals surface area contributed by atoms with Crippen LogP contribution in [0.15, 0.2) is 30.5 Å². The first-order chi connectivity index (χ1) is 6.33. The first-order valence-electron chi connectivity index (χ1n) is 4.26. The van der Waals surface area contributed by atoms with E-state index in [1.807, 2.05) is 24.4 Å². The SMILES string of the molecule is NCCn1ccc2cccc(Cl)c21. The van der Waals surface area contributed by atoms with E-state index in [4.69, 9.17) is 17.3 Å². The normalized spacial score (nSPS) is 10.9. The van der Waals surface area contributed by atoms with Crippen molar-refractivity contribution < 1.29 is 0 Å². The molecule has 3 heteroatoms. The molecular weight excluding hydrogens is 184 g/mol. The molecule has 0 spiro atoms. The Morgan fingerprint density at radius 1 is 1.31 bits per heavy atom. The molecule has 13 heavy (non-hydrogen) atoms. The highest BCUT2D eigenvalue weighted by Crippen LogP contribution is 2.23. The van der Waals surface area contributed by atoms with E-state index in [-0.39, 0.29) is 0 Å². The number of aromatic nitrogens is 1. The lowest BCUT2D eigenvalue weighted by Gasteiger charge is -2.03. The van der Waals surface area contributed by atoms with E-state index >= 15 is 0 Å². The molecule has 0 aliphatic carbocycles. The smallest absolute Gasteiger partial charge is 0.0670 e. The third-order valence-corrected chi connectivity index (χ3v) is 2.41. The number of hydrogen-bond donors (Lipinski definition) is 1. The lowest BCUT2D eigenvalue weighted by molar-refractivity contribution is 0.735. The third kappa shape index (κ3) is 1.43. The van der Waals surface area contributed by atoms with Crippen molar-refractivity contribution in [1.82, 2.24) is 4.57 Å². The fourth-order valence-corrected chi connectivity index (χ4v) is 1.83. The van der Waals surface area contributed by atoms with Crippen molar-refractivity contribution in [2.45, 2.75) is 6.54 Å². The van der Waals surface area contributed by atoms with Gasteiger partial charge in [0, 0.05) is 24.7 Å². The Bertz CT molecular complexity index is 420. The van der Waals surface area contributed by atoms with Crippen LogP contribution >= 0.6 is 11.6 Å². The van der Waals surface area contributed by atoms with E-state index in [1.54, 1.807) is 0 Å². The summed E-state index contributed by atoms with van der Waals surface area (Å²) in [6.45, 7) is 1.45. The van der Waals surface area contributed by atoms with E-state index < -0.39 is 0 Å². The van der Waals surface area contributed by atoms with Gasteiger partial charge in [0.2, 0.25) is 0 Å². The quantitative estimate of drug-likeness (QED) is 0.781. The molecule has 1 aromatic carbocycles. The van der Waals surface area contributed by atoms with Crippen LogP contribution in [0.5, 0.6) is 0 Å². The first kappa shape index (κ1) is 8.60. The van der Waals surface area contributed by atoms with Crippen molar-refractivity contribution in [1.29, 1.82) is 0 Å². The Kier molecular flexibility index (Phi) is 2.25.